The minimum absolute atomic E-state index is 0.0780. The zero-order chi connectivity index (χ0) is 9.30. The maximum absolute atomic E-state index is 11.0. The van der Waals surface area contributed by atoms with E-state index in [1.807, 2.05) is 0 Å². The van der Waals surface area contributed by atoms with Crippen LogP contribution < -0.4 is 5.56 Å². The Labute approximate surface area is 82.6 Å². The molecule has 1 aromatic rings. The highest BCUT2D eigenvalue weighted by molar-refractivity contribution is 9.13. The monoisotopic (exact) mass is 297 g/mol. The fraction of sp³-hybridized carbons (Fsp3) is 0. The molecule has 0 saturated carbocycles. The van der Waals surface area contributed by atoms with Gasteiger partial charge in [-0.05, 0) is 31.9 Å². The summed E-state index contributed by atoms with van der Waals surface area (Å²) in [7, 11) is 0. The van der Waals surface area contributed by atoms with E-state index in [0.29, 0.717) is 4.47 Å². The minimum atomic E-state index is -0.903. The molecule has 1 aromatic heterocycles. The molecule has 0 spiro atoms. The second-order valence-corrected chi connectivity index (χ2v) is 3.39. The average Bonchev–Trinajstić information content (AvgIpc) is 2.00. The van der Waals surface area contributed by atoms with Gasteiger partial charge in [-0.2, -0.15) is 0 Å². The second-order valence-electron chi connectivity index (χ2n) is 1.74. The van der Waals surface area contributed by atoms with E-state index in [-0.39, 0.29) is 9.26 Å². The molecule has 0 unspecified atom stereocenters. The van der Waals surface area contributed by atoms with Crippen molar-refractivity contribution in [1.29, 1.82) is 0 Å². The summed E-state index contributed by atoms with van der Waals surface area (Å²) in [6.07, 6.45) is 1.16. The molecule has 64 valence electrons. The summed E-state index contributed by atoms with van der Waals surface area (Å²) in [5, 5.41) is 12.5. The van der Waals surface area contributed by atoms with Crippen LogP contribution in [0.15, 0.2) is 19.9 Å². The molecule has 1 heterocycles. The third kappa shape index (κ3) is 1.53. The molecule has 0 amide bonds. The highest BCUT2D eigenvalue weighted by Crippen LogP contribution is 2.15. The van der Waals surface area contributed by atoms with Gasteiger partial charge in [-0.25, -0.2) is 0 Å². The van der Waals surface area contributed by atoms with E-state index in [1.165, 1.54) is 0 Å². The van der Waals surface area contributed by atoms with Gasteiger partial charge in [0.25, 0.3) is 0 Å². The van der Waals surface area contributed by atoms with Crippen LogP contribution in [-0.2, 0) is 0 Å². The van der Waals surface area contributed by atoms with Crippen LogP contribution in [0.3, 0.4) is 0 Å². The van der Waals surface area contributed by atoms with Gasteiger partial charge in [0.2, 0.25) is 0 Å². The van der Waals surface area contributed by atoms with E-state index in [1.54, 1.807) is 0 Å². The van der Waals surface area contributed by atoms with Gasteiger partial charge in [-0.3, -0.25) is 4.79 Å². The van der Waals surface area contributed by atoms with E-state index >= 15 is 0 Å². The molecule has 0 bridgehead atoms. The Morgan fingerprint density at radius 2 is 2.17 bits per heavy atom. The first-order valence-corrected chi connectivity index (χ1v) is 4.20. The van der Waals surface area contributed by atoms with Crippen LogP contribution in [0.1, 0.15) is 0 Å². The first-order valence-electron chi connectivity index (χ1n) is 2.62. The smallest absolute Gasteiger partial charge is 0.339 e. The molecule has 8 heteroatoms. The Morgan fingerprint density at radius 3 is 2.67 bits per heavy atom. The van der Waals surface area contributed by atoms with Crippen LogP contribution >= 0.6 is 31.9 Å². The Balaban J connectivity index is 3.47. The van der Waals surface area contributed by atoms with Crippen LogP contribution in [0.25, 0.3) is 0 Å². The third-order valence-corrected chi connectivity index (χ3v) is 2.91. The Hall–Kier alpha value is -0.760. The highest BCUT2D eigenvalue weighted by atomic mass is 79.9. The summed E-state index contributed by atoms with van der Waals surface area (Å²) in [6.45, 7) is 0. The zero-order valence-corrected chi connectivity index (χ0v) is 8.57. The molecule has 0 aromatic carbocycles. The number of rotatable bonds is 1. The third-order valence-electron chi connectivity index (χ3n) is 1.01. The number of nitrogens with zero attached hydrogens (tertiary/aromatic N) is 3. The van der Waals surface area contributed by atoms with Crippen molar-refractivity contribution in [3.05, 3.63) is 35.6 Å². The number of hydrogen-bond acceptors (Lipinski definition) is 4. The van der Waals surface area contributed by atoms with E-state index in [4.69, 9.17) is 0 Å². The average molecular weight is 299 g/mol. The lowest BCUT2D eigenvalue weighted by Gasteiger charge is -1.94. The number of nitro groups is 1. The molecule has 6 nitrogen and oxygen atoms in total. The van der Waals surface area contributed by atoms with Gasteiger partial charge in [0.1, 0.15) is 4.47 Å². The van der Waals surface area contributed by atoms with Gasteiger partial charge in [0, 0.05) is 5.10 Å². The van der Waals surface area contributed by atoms with Crippen molar-refractivity contribution in [2.75, 3.05) is 0 Å². The molecular formula is C4HBr2N3O3. The van der Waals surface area contributed by atoms with E-state index in [2.05, 4.69) is 37.0 Å². The van der Waals surface area contributed by atoms with Crippen LogP contribution in [0.2, 0.25) is 0 Å². The van der Waals surface area contributed by atoms with Crippen LogP contribution in [0, 0.1) is 10.1 Å². The Bertz CT molecular complexity index is 388. The SMILES string of the molecule is O=c1c(Br)c(Br)cnn1[N+](=O)[O-]. The normalized spacial score (nSPS) is 9.83. The molecule has 0 fully saturated rings. The molecule has 0 atom stereocenters. The van der Waals surface area contributed by atoms with Crippen molar-refractivity contribution in [2.24, 2.45) is 0 Å². The summed E-state index contributed by atoms with van der Waals surface area (Å²) < 4.78 is 0.458. The van der Waals surface area contributed by atoms with Crippen LogP contribution in [-0.4, -0.2) is 14.9 Å². The topological polar surface area (TPSA) is 78.0 Å². The number of halogens is 2. The lowest BCUT2D eigenvalue weighted by atomic mass is 10.6. The van der Waals surface area contributed by atoms with Crippen molar-refractivity contribution in [1.82, 2.24) is 9.89 Å². The first kappa shape index (κ1) is 9.33. The van der Waals surface area contributed by atoms with Crippen molar-refractivity contribution in [3.63, 3.8) is 0 Å². The molecule has 0 aliphatic carbocycles. The lowest BCUT2D eigenvalue weighted by molar-refractivity contribution is -0.556. The molecule has 0 saturated heterocycles. The molecule has 0 N–H and O–H groups in total. The minimum Gasteiger partial charge on any atom is -0.339 e. The molecule has 0 aliphatic heterocycles. The molecule has 1 rings (SSSR count). The van der Waals surface area contributed by atoms with Crippen molar-refractivity contribution < 1.29 is 5.03 Å². The maximum Gasteiger partial charge on any atom is 0.349 e. The summed E-state index contributed by atoms with van der Waals surface area (Å²) in [4.78, 5) is 21.3. The lowest BCUT2D eigenvalue weighted by Crippen LogP contribution is -2.29. The predicted molar refractivity (Wildman–Crippen MR) is 46.3 cm³/mol. The quantitative estimate of drug-likeness (QED) is 0.568. The standard InChI is InChI=1S/C4HBr2N3O3/c5-2-1-7-8(9(11)12)4(10)3(2)6/h1H. The van der Waals surface area contributed by atoms with Crippen molar-refractivity contribution in [3.8, 4) is 0 Å². The van der Waals surface area contributed by atoms with Gasteiger partial charge in [0.05, 0.1) is 14.3 Å². The first-order chi connectivity index (χ1) is 5.54. The van der Waals surface area contributed by atoms with Crippen molar-refractivity contribution in [2.45, 2.75) is 0 Å². The largest absolute Gasteiger partial charge is 0.349 e. The maximum atomic E-state index is 11.0. The Morgan fingerprint density at radius 1 is 1.58 bits per heavy atom. The molecule has 0 radical (unpaired) electrons. The van der Waals surface area contributed by atoms with E-state index in [0.717, 1.165) is 6.20 Å². The van der Waals surface area contributed by atoms with E-state index < -0.39 is 10.6 Å². The molecular weight excluding hydrogens is 298 g/mol. The fourth-order valence-corrected chi connectivity index (χ4v) is 1.04. The Kier molecular flexibility index (Phi) is 2.58. The number of hydrogen-bond donors (Lipinski definition) is 0. The molecule has 0 aliphatic rings. The molecule has 12 heavy (non-hydrogen) atoms. The highest BCUT2D eigenvalue weighted by Gasteiger charge is 2.13. The summed E-state index contributed by atoms with van der Waals surface area (Å²) >= 11 is 5.86. The van der Waals surface area contributed by atoms with Crippen LogP contribution in [0.5, 0.6) is 0 Å². The second kappa shape index (κ2) is 3.31. The van der Waals surface area contributed by atoms with Gasteiger partial charge in [-0.15, -0.1) is 0 Å². The summed E-state index contributed by atoms with van der Waals surface area (Å²) in [5.74, 6) is 0. The van der Waals surface area contributed by atoms with Gasteiger partial charge < -0.3 is 10.1 Å². The number of aromatic nitrogens is 2. The van der Waals surface area contributed by atoms with Crippen LogP contribution in [0.4, 0.5) is 0 Å². The van der Waals surface area contributed by atoms with Crippen molar-refractivity contribution >= 4 is 31.9 Å². The fourth-order valence-electron chi connectivity index (χ4n) is 0.521. The van der Waals surface area contributed by atoms with Gasteiger partial charge in [0.15, 0.2) is 6.20 Å². The van der Waals surface area contributed by atoms with E-state index in [9.17, 15) is 14.9 Å². The van der Waals surface area contributed by atoms with Gasteiger partial charge >= 0.3 is 5.56 Å². The summed E-state index contributed by atoms with van der Waals surface area (Å²) in [6, 6.07) is 0. The summed E-state index contributed by atoms with van der Waals surface area (Å²) in [5.41, 5.74) is -0.811. The van der Waals surface area contributed by atoms with Gasteiger partial charge in [-0.1, -0.05) is 0 Å². The predicted octanol–water partition coefficient (Wildman–Crippen LogP) is 0.808. The zero-order valence-electron chi connectivity index (χ0n) is 5.40.